The van der Waals surface area contributed by atoms with Gasteiger partial charge < -0.3 is 10.3 Å². The molecule has 3 nitrogen and oxygen atoms in total. The van der Waals surface area contributed by atoms with Crippen molar-refractivity contribution in [2.45, 2.75) is 32.5 Å². The number of aryl methyl sites for hydroxylation is 1. The lowest BCUT2D eigenvalue weighted by molar-refractivity contribution is -0.137. The maximum absolute atomic E-state index is 12.7. The standard InChI is InChI=1S/C15H18F3N3/c1-3-6-19-13(14-20-7-8-21-14)12-5-4-11(9-10(12)2)15(16,17)18/h4-5,7-9,13,19H,3,6H2,1-2H3,(H,20,21). The van der Waals surface area contributed by atoms with Crippen molar-refractivity contribution in [3.8, 4) is 0 Å². The number of alkyl halides is 3. The minimum absolute atomic E-state index is 0.234. The number of aromatic amines is 1. The smallest absolute Gasteiger partial charge is 0.347 e. The first-order valence-electron chi connectivity index (χ1n) is 6.84. The van der Waals surface area contributed by atoms with E-state index in [9.17, 15) is 13.2 Å². The molecule has 0 saturated carbocycles. The van der Waals surface area contributed by atoms with Crippen molar-refractivity contribution in [1.82, 2.24) is 15.3 Å². The zero-order chi connectivity index (χ0) is 15.5. The van der Waals surface area contributed by atoms with E-state index in [2.05, 4.69) is 15.3 Å². The molecule has 0 radical (unpaired) electrons. The topological polar surface area (TPSA) is 40.7 Å². The summed E-state index contributed by atoms with van der Waals surface area (Å²) >= 11 is 0. The van der Waals surface area contributed by atoms with Crippen LogP contribution in [0.3, 0.4) is 0 Å². The van der Waals surface area contributed by atoms with Crippen LogP contribution in [0.4, 0.5) is 13.2 Å². The van der Waals surface area contributed by atoms with E-state index in [1.807, 2.05) is 6.92 Å². The Kier molecular flexibility index (Phi) is 4.67. The maximum Gasteiger partial charge on any atom is 0.416 e. The number of imidazole rings is 1. The fraction of sp³-hybridized carbons (Fsp3) is 0.400. The van der Waals surface area contributed by atoms with Crippen LogP contribution >= 0.6 is 0 Å². The Bertz CT molecular complexity index is 576. The van der Waals surface area contributed by atoms with Crippen LogP contribution in [-0.4, -0.2) is 16.5 Å². The predicted molar refractivity (Wildman–Crippen MR) is 74.9 cm³/mol. The van der Waals surface area contributed by atoms with E-state index in [0.29, 0.717) is 11.4 Å². The number of aromatic nitrogens is 2. The summed E-state index contributed by atoms with van der Waals surface area (Å²) in [6, 6.07) is 3.58. The van der Waals surface area contributed by atoms with Gasteiger partial charge in [-0.1, -0.05) is 13.0 Å². The first kappa shape index (κ1) is 15.6. The molecule has 0 bridgehead atoms. The van der Waals surface area contributed by atoms with Crippen LogP contribution in [0, 0.1) is 6.92 Å². The van der Waals surface area contributed by atoms with Gasteiger partial charge in [0.1, 0.15) is 5.82 Å². The monoisotopic (exact) mass is 297 g/mol. The molecule has 0 spiro atoms. The molecular formula is C15H18F3N3. The first-order valence-corrected chi connectivity index (χ1v) is 6.84. The molecule has 6 heteroatoms. The number of benzene rings is 1. The molecule has 1 aromatic heterocycles. The van der Waals surface area contributed by atoms with Crippen LogP contribution in [0.15, 0.2) is 30.6 Å². The number of nitrogens with zero attached hydrogens (tertiary/aromatic N) is 1. The zero-order valence-electron chi connectivity index (χ0n) is 12.0. The summed E-state index contributed by atoms with van der Waals surface area (Å²) < 4.78 is 38.2. The van der Waals surface area contributed by atoms with Crippen molar-refractivity contribution >= 4 is 0 Å². The average Bonchev–Trinajstić information content (AvgIpc) is 2.93. The fourth-order valence-corrected chi connectivity index (χ4v) is 2.25. The number of nitrogens with one attached hydrogen (secondary N) is 2. The van der Waals surface area contributed by atoms with Gasteiger partial charge in [-0.2, -0.15) is 13.2 Å². The normalized spacial score (nSPS) is 13.4. The lowest BCUT2D eigenvalue weighted by Gasteiger charge is -2.20. The second-order valence-electron chi connectivity index (χ2n) is 4.93. The number of rotatable bonds is 5. The van der Waals surface area contributed by atoms with Gasteiger partial charge in [0.25, 0.3) is 0 Å². The van der Waals surface area contributed by atoms with Crippen LogP contribution in [0.5, 0.6) is 0 Å². The number of H-pyrrole nitrogens is 1. The Balaban J connectivity index is 2.36. The largest absolute Gasteiger partial charge is 0.416 e. The van der Waals surface area contributed by atoms with Crippen molar-refractivity contribution in [1.29, 1.82) is 0 Å². The summed E-state index contributed by atoms with van der Waals surface area (Å²) in [6.07, 6.45) is -0.0536. The summed E-state index contributed by atoms with van der Waals surface area (Å²) in [5, 5.41) is 3.31. The number of hydrogen-bond donors (Lipinski definition) is 2. The molecule has 2 N–H and O–H groups in total. The zero-order valence-corrected chi connectivity index (χ0v) is 12.0. The second-order valence-corrected chi connectivity index (χ2v) is 4.93. The lowest BCUT2D eigenvalue weighted by atomic mass is 9.98. The van der Waals surface area contributed by atoms with Crippen molar-refractivity contribution in [2.75, 3.05) is 6.54 Å². The molecular weight excluding hydrogens is 279 g/mol. The molecule has 0 aliphatic carbocycles. The van der Waals surface area contributed by atoms with Crippen LogP contribution in [-0.2, 0) is 6.18 Å². The minimum Gasteiger partial charge on any atom is -0.347 e. The molecule has 0 aliphatic rings. The second kappa shape index (κ2) is 6.30. The molecule has 2 aromatic rings. The fourth-order valence-electron chi connectivity index (χ4n) is 2.25. The van der Waals surface area contributed by atoms with Crippen molar-refractivity contribution in [3.63, 3.8) is 0 Å². The van der Waals surface area contributed by atoms with Gasteiger partial charge in [0.05, 0.1) is 11.6 Å². The summed E-state index contributed by atoms with van der Waals surface area (Å²) in [4.78, 5) is 7.24. The van der Waals surface area contributed by atoms with Crippen LogP contribution in [0.1, 0.15) is 41.9 Å². The van der Waals surface area contributed by atoms with Crippen molar-refractivity contribution < 1.29 is 13.2 Å². The third kappa shape index (κ3) is 3.64. The first-order chi connectivity index (χ1) is 9.93. The lowest BCUT2D eigenvalue weighted by Crippen LogP contribution is -2.25. The Labute approximate surface area is 121 Å². The third-order valence-electron chi connectivity index (χ3n) is 3.30. The Hall–Kier alpha value is -1.82. The van der Waals surface area contributed by atoms with E-state index < -0.39 is 11.7 Å². The van der Waals surface area contributed by atoms with E-state index in [-0.39, 0.29) is 6.04 Å². The molecule has 1 heterocycles. The van der Waals surface area contributed by atoms with E-state index in [1.54, 1.807) is 19.3 Å². The Morgan fingerprint density at radius 1 is 1.33 bits per heavy atom. The van der Waals surface area contributed by atoms with Gasteiger partial charge in [0.2, 0.25) is 0 Å². The molecule has 0 saturated heterocycles. The molecule has 21 heavy (non-hydrogen) atoms. The highest BCUT2D eigenvalue weighted by atomic mass is 19.4. The van der Waals surface area contributed by atoms with Gasteiger partial charge >= 0.3 is 6.18 Å². The summed E-state index contributed by atoms with van der Waals surface area (Å²) in [7, 11) is 0. The third-order valence-corrected chi connectivity index (χ3v) is 3.30. The van der Waals surface area contributed by atoms with E-state index in [4.69, 9.17) is 0 Å². The van der Waals surface area contributed by atoms with Crippen molar-refractivity contribution in [2.24, 2.45) is 0 Å². The van der Waals surface area contributed by atoms with E-state index in [0.717, 1.165) is 24.6 Å². The molecule has 0 fully saturated rings. The highest BCUT2D eigenvalue weighted by Gasteiger charge is 2.31. The van der Waals surface area contributed by atoms with Gasteiger partial charge in [-0.3, -0.25) is 0 Å². The molecule has 1 unspecified atom stereocenters. The molecule has 1 aromatic carbocycles. The minimum atomic E-state index is -4.32. The highest BCUT2D eigenvalue weighted by molar-refractivity contribution is 5.37. The predicted octanol–water partition coefficient (Wildman–Crippen LogP) is 3.83. The summed E-state index contributed by atoms with van der Waals surface area (Å²) in [6.45, 7) is 4.48. The molecule has 114 valence electrons. The van der Waals surface area contributed by atoms with Crippen LogP contribution < -0.4 is 5.32 Å². The van der Waals surface area contributed by atoms with Gasteiger partial charge in [-0.05, 0) is 43.1 Å². The van der Waals surface area contributed by atoms with Gasteiger partial charge in [-0.25, -0.2) is 4.98 Å². The molecule has 0 aliphatic heterocycles. The molecule has 0 amide bonds. The number of hydrogen-bond acceptors (Lipinski definition) is 2. The van der Waals surface area contributed by atoms with Gasteiger partial charge in [-0.15, -0.1) is 0 Å². The van der Waals surface area contributed by atoms with E-state index in [1.165, 1.54) is 12.1 Å². The molecule has 1 atom stereocenters. The van der Waals surface area contributed by atoms with Crippen molar-refractivity contribution in [3.05, 3.63) is 53.1 Å². The van der Waals surface area contributed by atoms with Gasteiger partial charge in [0.15, 0.2) is 0 Å². The molecule has 2 rings (SSSR count). The quantitative estimate of drug-likeness (QED) is 0.880. The summed E-state index contributed by atoms with van der Waals surface area (Å²) in [5.41, 5.74) is 0.763. The van der Waals surface area contributed by atoms with Crippen LogP contribution in [0.25, 0.3) is 0 Å². The SMILES string of the molecule is CCCNC(c1ncc[nH]1)c1ccc(C(F)(F)F)cc1C. The van der Waals surface area contributed by atoms with E-state index >= 15 is 0 Å². The maximum atomic E-state index is 12.7. The Morgan fingerprint density at radius 2 is 2.10 bits per heavy atom. The summed E-state index contributed by atoms with van der Waals surface area (Å²) in [5.74, 6) is 0.700. The Morgan fingerprint density at radius 3 is 2.62 bits per heavy atom. The average molecular weight is 297 g/mol. The van der Waals surface area contributed by atoms with Crippen LogP contribution in [0.2, 0.25) is 0 Å². The van der Waals surface area contributed by atoms with Gasteiger partial charge in [0, 0.05) is 12.4 Å². The highest BCUT2D eigenvalue weighted by Crippen LogP contribution is 2.32. The number of halogens is 3.